The number of carbonyl (C=O) groups is 1. The molecular formula is C16H15N3O3S. The predicted molar refractivity (Wildman–Crippen MR) is 85.3 cm³/mol. The lowest BCUT2D eigenvalue weighted by atomic mass is 10.2. The molecule has 23 heavy (non-hydrogen) atoms. The molecule has 7 heteroatoms. The van der Waals surface area contributed by atoms with Gasteiger partial charge in [-0.15, -0.1) is 11.3 Å². The van der Waals surface area contributed by atoms with Crippen LogP contribution in [0.4, 0.5) is 0 Å². The number of fused-ring (bicyclic) bond motifs is 1. The van der Waals surface area contributed by atoms with Crippen LogP contribution in [0.1, 0.15) is 33.8 Å². The van der Waals surface area contributed by atoms with Crippen LogP contribution in [-0.2, 0) is 0 Å². The number of nitrogens with zero attached hydrogens (tertiary/aromatic N) is 3. The summed E-state index contributed by atoms with van der Waals surface area (Å²) >= 11 is 1.46. The first-order valence-electron chi connectivity index (χ1n) is 7.39. The van der Waals surface area contributed by atoms with Crippen molar-refractivity contribution in [2.75, 3.05) is 6.54 Å². The minimum Gasteiger partial charge on any atom is -0.391 e. The molecule has 0 bridgehead atoms. The van der Waals surface area contributed by atoms with Gasteiger partial charge in [0.2, 0.25) is 5.89 Å². The molecule has 1 aliphatic heterocycles. The van der Waals surface area contributed by atoms with Gasteiger partial charge >= 0.3 is 0 Å². The zero-order chi connectivity index (χ0) is 16.0. The largest absolute Gasteiger partial charge is 0.391 e. The molecule has 0 radical (unpaired) electrons. The smallest absolute Gasteiger partial charge is 0.264 e. The van der Waals surface area contributed by atoms with Crippen molar-refractivity contribution in [2.24, 2.45) is 0 Å². The van der Waals surface area contributed by atoms with Crippen LogP contribution in [-0.4, -0.2) is 38.7 Å². The van der Waals surface area contributed by atoms with Crippen LogP contribution in [0.15, 0.2) is 34.9 Å². The van der Waals surface area contributed by atoms with Crippen LogP contribution in [0, 0.1) is 6.92 Å². The van der Waals surface area contributed by atoms with Crippen LogP contribution >= 0.6 is 11.3 Å². The average molecular weight is 329 g/mol. The Morgan fingerprint density at radius 1 is 1.43 bits per heavy atom. The molecule has 0 unspecified atom stereocenters. The van der Waals surface area contributed by atoms with Gasteiger partial charge in [-0.3, -0.25) is 4.79 Å². The van der Waals surface area contributed by atoms with Crippen LogP contribution in [0.25, 0.3) is 10.1 Å². The Labute approximate surface area is 136 Å². The quantitative estimate of drug-likeness (QED) is 0.781. The average Bonchev–Trinajstić information content (AvgIpc) is 3.23. The highest BCUT2D eigenvalue weighted by atomic mass is 32.1. The summed E-state index contributed by atoms with van der Waals surface area (Å²) in [6, 6.07) is 9.41. The molecule has 1 aromatic carbocycles. The first-order valence-corrected chi connectivity index (χ1v) is 8.21. The maximum absolute atomic E-state index is 12.9. The lowest BCUT2D eigenvalue weighted by Crippen LogP contribution is -2.31. The van der Waals surface area contributed by atoms with E-state index in [1.165, 1.54) is 11.3 Å². The summed E-state index contributed by atoms with van der Waals surface area (Å²) < 4.78 is 6.28. The fraction of sp³-hybridized carbons (Fsp3) is 0.312. The van der Waals surface area contributed by atoms with Crippen molar-refractivity contribution >= 4 is 27.3 Å². The first kappa shape index (κ1) is 14.3. The number of β-amino-alcohol motifs (C(OH)–C–C–N with tert-alkyl or cyclic N) is 1. The van der Waals surface area contributed by atoms with Crippen molar-refractivity contribution in [1.82, 2.24) is 15.0 Å². The maximum atomic E-state index is 12.9. The number of benzene rings is 1. The van der Waals surface area contributed by atoms with Crippen LogP contribution in [0.3, 0.4) is 0 Å². The zero-order valence-electron chi connectivity index (χ0n) is 12.5. The Morgan fingerprint density at radius 2 is 2.26 bits per heavy atom. The van der Waals surface area contributed by atoms with Crippen molar-refractivity contribution in [2.45, 2.75) is 25.5 Å². The van der Waals surface area contributed by atoms with Crippen LogP contribution < -0.4 is 0 Å². The van der Waals surface area contributed by atoms with E-state index < -0.39 is 6.10 Å². The Hall–Kier alpha value is -2.25. The van der Waals surface area contributed by atoms with Gasteiger partial charge in [-0.1, -0.05) is 23.4 Å². The molecule has 6 nitrogen and oxygen atoms in total. The van der Waals surface area contributed by atoms with Gasteiger partial charge in [-0.05, 0) is 24.4 Å². The molecular weight excluding hydrogens is 314 g/mol. The highest BCUT2D eigenvalue weighted by Gasteiger charge is 2.39. The van der Waals surface area contributed by atoms with Crippen molar-refractivity contribution in [3.63, 3.8) is 0 Å². The Morgan fingerprint density at radius 3 is 3.00 bits per heavy atom. The van der Waals surface area contributed by atoms with E-state index in [2.05, 4.69) is 10.1 Å². The Bertz CT molecular complexity index is 839. The summed E-state index contributed by atoms with van der Waals surface area (Å²) in [5, 5.41) is 14.8. The second-order valence-corrected chi connectivity index (χ2v) is 6.77. The SMILES string of the molecule is Cc1noc([C@H]2C[C@@H](O)CN2C(=O)c2cc3ccccc3s2)n1. The molecule has 1 saturated heterocycles. The van der Waals surface area contributed by atoms with E-state index in [-0.39, 0.29) is 18.5 Å². The summed E-state index contributed by atoms with van der Waals surface area (Å²) in [6.45, 7) is 2.01. The van der Waals surface area contributed by atoms with Gasteiger partial charge in [0.05, 0.1) is 11.0 Å². The van der Waals surface area contributed by atoms with Crippen LogP contribution in [0.2, 0.25) is 0 Å². The number of amides is 1. The third-order valence-electron chi connectivity index (χ3n) is 4.00. The molecule has 3 aromatic rings. The molecule has 2 aromatic heterocycles. The van der Waals surface area contributed by atoms with Crippen molar-refractivity contribution < 1.29 is 14.4 Å². The molecule has 0 spiro atoms. The number of likely N-dealkylation sites (tertiary alicyclic amines) is 1. The summed E-state index contributed by atoms with van der Waals surface area (Å²) in [7, 11) is 0. The lowest BCUT2D eigenvalue weighted by molar-refractivity contribution is 0.0698. The van der Waals surface area contributed by atoms with E-state index in [0.29, 0.717) is 23.0 Å². The van der Waals surface area contributed by atoms with E-state index >= 15 is 0 Å². The molecule has 2 atom stereocenters. The third kappa shape index (κ3) is 2.51. The topological polar surface area (TPSA) is 79.5 Å². The highest BCUT2D eigenvalue weighted by Crippen LogP contribution is 2.34. The molecule has 1 amide bonds. The van der Waals surface area contributed by atoms with Crippen molar-refractivity contribution in [1.29, 1.82) is 0 Å². The first-order chi connectivity index (χ1) is 11.1. The number of aliphatic hydroxyl groups is 1. The summed E-state index contributed by atoms with van der Waals surface area (Å²) in [6.07, 6.45) is -0.163. The van der Waals surface area contributed by atoms with E-state index in [4.69, 9.17) is 4.52 Å². The fourth-order valence-electron chi connectivity index (χ4n) is 2.95. The van der Waals surface area contributed by atoms with Crippen molar-refractivity contribution in [3.8, 4) is 0 Å². The second-order valence-electron chi connectivity index (χ2n) is 5.69. The van der Waals surface area contributed by atoms with E-state index in [9.17, 15) is 9.90 Å². The van der Waals surface area contributed by atoms with Crippen LogP contribution in [0.5, 0.6) is 0 Å². The number of aryl methyl sites for hydroxylation is 1. The van der Waals surface area contributed by atoms with E-state index in [0.717, 1.165) is 10.1 Å². The molecule has 0 saturated carbocycles. The molecule has 1 fully saturated rings. The summed E-state index contributed by atoms with van der Waals surface area (Å²) in [5.41, 5.74) is 0. The highest BCUT2D eigenvalue weighted by molar-refractivity contribution is 7.20. The molecule has 1 N–H and O–H groups in total. The van der Waals surface area contributed by atoms with Gasteiger partial charge in [-0.2, -0.15) is 4.98 Å². The number of aliphatic hydroxyl groups excluding tert-OH is 1. The Balaban J connectivity index is 1.68. The molecule has 3 heterocycles. The Kier molecular flexibility index (Phi) is 3.39. The molecule has 118 valence electrons. The molecule has 4 rings (SSSR count). The standard InChI is InChI=1S/C16H15N3O3S/c1-9-17-15(22-18-9)12-7-11(20)8-19(12)16(21)14-6-10-4-2-3-5-13(10)23-14/h2-6,11-12,20H,7-8H2,1H3/t11-,12-/m1/s1. The lowest BCUT2D eigenvalue weighted by Gasteiger charge is -2.20. The molecule has 1 aliphatic rings. The van der Waals surface area contributed by atoms with Gasteiger partial charge < -0.3 is 14.5 Å². The predicted octanol–water partition coefficient (Wildman–Crippen LogP) is 2.54. The number of rotatable bonds is 2. The number of hydrogen-bond donors (Lipinski definition) is 1. The van der Waals surface area contributed by atoms with Gasteiger partial charge in [-0.25, -0.2) is 0 Å². The normalized spacial score (nSPS) is 21.2. The van der Waals surface area contributed by atoms with Gasteiger partial charge in [0.15, 0.2) is 5.82 Å². The minimum atomic E-state index is -0.578. The minimum absolute atomic E-state index is 0.108. The molecule has 0 aliphatic carbocycles. The fourth-order valence-corrected chi connectivity index (χ4v) is 3.97. The monoisotopic (exact) mass is 329 g/mol. The number of aromatic nitrogens is 2. The number of carbonyl (C=O) groups excluding carboxylic acids is 1. The van der Waals surface area contributed by atoms with Gasteiger partial charge in [0, 0.05) is 17.7 Å². The van der Waals surface area contributed by atoms with Gasteiger partial charge in [0.1, 0.15) is 6.04 Å². The number of thiophene rings is 1. The van der Waals surface area contributed by atoms with E-state index in [1.807, 2.05) is 30.3 Å². The number of hydrogen-bond acceptors (Lipinski definition) is 6. The summed E-state index contributed by atoms with van der Waals surface area (Å²) in [5.74, 6) is 0.799. The van der Waals surface area contributed by atoms with Crippen molar-refractivity contribution in [3.05, 3.63) is 46.9 Å². The maximum Gasteiger partial charge on any atom is 0.264 e. The van der Waals surface area contributed by atoms with E-state index in [1.54, 1.807) is 11.8 Å². The third-order valence-corrected chi connectivity index (χ3v) is 5.11. The second kappa shape index (κ2) is 5.43. The van der Waals surface area contributed by atoms with Gasteiger partial charge in [0.25, 0.3) is 5.91 Å². The summed E-state index contributed by atoms with van der Waals surface area (Å²) in [4.78, 5) is 19.4. The zero-order valence-corrected chi connectivity index (χ0v) is 13.3.